The van der Waals surface area contributed by atoms with Crippen LogP contribution in [-0.2, 0) is 0 Å². The van der Waals surface area contributed by atoms with Crippen molar-refractivity contribution in [3.05, 3.63) is 54.0 Å². The maximum atomic E-state index is 4.31. The molecule has 1 aromatic carbocycles. The van der Waals surface area contributed by atoms with E-state index in [1.54, 1.807) is 17.5 Å². The Morgan fingerprint density at radius 3 is 3.07 bits per heavy atom. The van der Waals surface area contributed by atoms with E-state index in [0.717, 1.165) is 11.3 Å². The zero-order valence-electron chi connectivity index (χ0n) is 7.97. The molecule has 1 radical (unpaired) electrons. The van der Waals surface area contributed by atoms with Crippen molar-refractivity contribution in [2.75, 3.05) is 0 Å². The highest BCUT2D eigenvalue weighted by molar-refractivity contribution is 7.17. The maximum Gasteiger partial charge on any atom is 0.0708 e. The number of fused-ring (bicyclic) bond motifs is 1. The molecule has 0 bridgehead atoms. The van der Waals surface area contributed by atoms with Gasteiger partial charge in [-0.3, -0.25) is 4.98 Å². The van der Waals surface area contributed by atoms with E-state index in [1.807, 2.05) is 24.3 Å². The van der Waals surface area contributed by atoms with Gasteiger partial charge in [-0.05, 0) is 47.2 Å². The standard InChI is InChI=1S/C13H8NS/c1-2-7-14-12(3-1)10-4-5-13-11(9-10)6-8-15-13/h1-3,5-9H. The Balaban J connectivity index is 2.19. The van der Waals surface area contributed by atoms with Gasteiger partial charge in [0, 0.05) is 16.5 Å². The maximum absolute atomic E-state index is 4.31. The second-order valence-corrected chi connectivity index (χ2v) is 4.25. The van der Waals surface area contributed by atoms with Crippen molar-refractivity contribution in [1.29, 1.82) is 0 Å². The summed E-state index contributed by atoms with van der Waals surface area (Å²) in [4.78, 5) is 4.31. The van der Waals surface area contributed by atoms with Gasteiger partial charge in [0.05, 0.1) is 5.69 Å². The molecule has 15 heavy (non-hydrogen) atoms. The van der Waals surface area contributed by atoms with Crippen LogP contribution in [0, 0.1) is 6.07 Å². The Kier molecular flexibility index (Phi) is 2.00. The number of aromatic nitrogens is 1. The molecule has 0 aliphatic carbocycles. The largest absolute Gasteiger partial charge is 0.256 e. The highest BCUT2D eigenvalue weighted by Gasteiger charge is 2.00. The molecule has 2 aromatic heterocycles. The van der Waals surface area contributed by atoms with Gasteiger partial charge in [-0.1, -0.05) is 6.07 Å². The molecular formula is C13H8NS. The van der Waals surface area contributed by atoms with E-state index >= 15 is 0 Å². The average Bonchev–Trinajstić information content (AvgIpc) is 2.77. The fourth-order valence-corrected chi connectivity index (χ4v) is 2.33. The Labute approximate surface area is 92.0 Å². The molecule has 0 amide bonds. The van der Waals surface area contributed by atoms with Crippen LogP contribution in [0.4, 0.5) is 0 Å². The first kappa shape index (κ1) is 8.62. The highest BCUT2D eigenvalue weighted by Crippen LogP contribution is 2.25. The van der Waals surface area contributed by atoms with Crippen LogP contribution in [-0.4, -0.2) is 4.98 Å². The van der Waals surface area contributed by atoms with Crippen molar-refractivity contribution in [3.8, 4) is 11.3 Å². The predicted molar refractivity (Wildman–Crippen MR) is 63.9 cm³/mol. The van der Waals surface area contributed by atoms with Gasteiger partial charge in [-0.25, -0.2) is 0 Å². The zero-order valence-corrected chi connectivity index (χ0v) is 8.79. The van der Waals surface area contributed by atoms with Crippen LogP contribution in [0.5, 0.6) is 0 Å². The van der Waals surface area contributed by atoms with Gasteiger partial charge in [-0.2, -0.15) is 0 Å². The molecule has 71 valence electrons. The number of hydrogen-bond acceptors (Lipinski definition) is 2. The molecule has 2 heteroatoms. The van der Waals surface area contributed by atoms with Crippen LogP contribution in [0.2, 0.25) is 0 Å². The van der Waals surface area contributed by atoms with E-state index in [0.29, 0.717) is 0 Å². The fraction of sp³-hybridized carbons (Fsp3) is 0. The molecule has 0 saturated heterocycles. The van der Waals surface area contributed by atoms with Crippen LogP contribution in [0.1, 0.15) is 0 Å². The van der Waals surface area contributed by atoms with E-state index < -0.39 is 0 Å². The lowest BCUT2D eigenvalue weighted by Gasteiger charge is -1.99. The lowest BCUT2D eigenvalue weighted by Crippen LogP contribution is -1.80. The van der Waals surface area contributed by atoms with E-state index in [2.05, 4.69) is 28.6 Å². The second kappa shape index (κ2) is 3.48. The van der Waals surface area contributed by atoms with E-state index in [4.69, 9.17) is 0 Å². The van der Waals surface area contributed by atoms with Gasteiger partial charge in [0.15, 0.2) is 0 Å². The summed E-state index contributed by atoms with van der Waals surface area (Å²) in [7, 11) is 0. The third-order valence-electron chi connectivity index (χ3n) is 2.33. The molecule has 0 fully saturated rings. The first-order valence-electron chi connectivity index (χ1n) is 4.74. The number of rotatable bonds is 1. The van der Waals surface area contributed by atoms with Crippen molar-refractivity contribution < 1.29 is 0 Å². The average molecular weight is 210 g/mol. The van der Waals surface area contributed by atoms with Crippen LogP contribution in [0.3, 0.4) is 0 Å². The topological polar surface area (TPSA) is 12.9 Å². The zero-order chi connectivity index (χ0) is 10.1. The molecule has 3 rings (SSSR count). The normalized spacial score (nSPS) is 10.7. The molecule has 2 heterocycles. The first-order valence-corrected chi connectivity index (χ1v) is 5.62. The van der Waals surface area contributed by atoms with Crippen LogP contribution in [0.15, 0.2) is 48.0 Å². The molecular weight excluding hydrogens is 202 g/mol. The summed E-state index contributed by atoms with van der Waals surface area (Å²) in [5, 5.41) is 3.36. The van der Waals surface area contributed by atoms with Gasteiger partial charge in [0.1, 0.15) is 0 Å². The Hall–Kier alpha value is -1.67. The summed E-state index contributed by atoms with van der Waals surface area (Å²) < 4.78 is 1.27. The minimum absolute atomic E-state index is 0.977. The summed E-state index contributed by atoms with van der Waals surface area (Å²) >= 11 is 1.74. The summed E-state index contributed by atoms with van der Waals surface area (Å²) in [6.07, 6.45) is 1.81. The van der Waals surface area contributed by atoms with Gasteiger partial charge in [0.25, 0.3) is 0 Å². The minimum atomic E-state index is 0.977. The van der Waals surface area contributed by atoms with Crippen molar-refractivity contribution >= 4 is 21.4 Å². The van der Waals surface area contributed by atoms with Crippen LogP contribution < -0.4 is 0 Å². The monoisotopic (exact) mass is 210 g/mol. The minimum Gasteiger partial charge on any atom is -0.256 e. The molecule has 0 aliphatic rings. The van der Waals surface area contributed by atoms with E-state index in [-0.39, 0.29) is 0 Å². The van der Waals surface area contributed by atoms with Crippen LogP contribution >= 0.6 is 11.3 Å². The molecule has 0 N–H and O–H groups in total. The third-order valence-corrected chi connectivity index (χ3v) is 3.21. The Morgan fingerprint density at radius 1 is 1.20 bits per heavy atom. The SMILES string of the molecule is [c]1cc2sccc2cc1-c1ccccn1. The van der Waals surface area contributed by atoms with Crippen molar-refractivity contribution in [1.82, 2.24) is 4.98 Å². The highest BCUT2D eigenvalue weighted by atomic mass is 32.1. The van der Waals surface area contributed by atoms with Gasteiger partial charge < -0.3 is 0 Å². The van der Waals surface area contributed by atoms with Gasteiger partial charge in [-0.15, -0.1) is 11.3 Å². The number of thiophene rings is 1. The molecule has 3 aromatic rings. The summed E-state index contributed by atoms with van der Waals surface area (Å²) in [6.45, 7) is 0. The van der Waals surface area contributed by atoms with Gasteiger partial charge >= 0.3 is 0 Å². The molecule has 0 saturated carbocycles. The number of benzene rings is 1. The quantitative estimate of drug-likeness (QED) is 0.596. The Morgan fingerprint density at radius 2 is 2.20 bits per heavy atom. The number of nitrogens with zero attached hydrogens (tertiary/aromatic N) is 1. The van der Waals surface area contributed by atoms with Gasteiger partial charge in [0.2, 0.25) is 0 Å². The molecule has 0 atom stereocenters. The second-order valence-electron chi connectivity index (χ2n) is 3.30. The van der Waals surface area contributed by atoms with E-state index in [9.17, 15) is 0 Å². The van der Waals surface area contributed by atoms with Crippen molar-refractivity contribution in [2.45, 2.75) is 0 Å². The molecule has 0 aliphatic heterocycles. The smallest absolute Gasteiger partial charge is 0.0708 e. The summed E-state index contributed by atoms with van der Waals surface area (Å²) in [5.74, 6) is 0. The summed E-state index contributed by atoms with van der Waals surface area (Å²) in [6, 6.07) is 15.5. The lowest BCUT2D eigenvalue weighted by atomic mass is 10.1. The lowest BCUT2D eigenvalue weighted by molar-refractivity contribution is 1.33. The predicted octanol–water partition coefficient (Wildman–Crippen LogP) is 3.76. The molecule has 0 unspecified atom stereocenters. The number of hydrogen-bond donors (Lipinski definition) is 0. The van der Waals surface area contributed by atoms with Crippen molar-refractivity contribution in [3.63, 3.8) is 0 Å². The molecule has 0 spiro atoms. The third kappa shape index (κ3) is 1.53. The van der Waals surface area contributed by atoms with E-state index in [1.165, 1.54) is 10.1 Å². The first-order chi connectivity index (χ1) is 7.43. The van der Waals surface area contributed by atoms with Crippen molar-refractivity contribution in [2.24, 2.45) is 0 Å². The van der Waals surface area contributed by atoms with Crippen LogP contribution in [0.25, 0.3) is 21.3 Å². The number of pyridine rings is 1. The molecule has 1 nitrogen and oxygen atoms in total. The Bertz CT molecular complexity index is 584. The fourth-order valence-electron chi connectivity index (χ4n) is 1.58. The summed E-state index contributed by atoms with van der Waals surface area (Å²) in [5.41, 5.74) is 2.03.